The quantitative estimate of drug-likeness (QED) is 0.519. The van der Waals surface area contributed by atoms with Crippen LogP contribution in [0, 0.1) is 23.7 Å². The fraction of sp³-hybridized carbons (Fsp3) is 0.750. The molecule has 1 N–H and O–H groups in total. The van der Waals surface area contributed by atoms with Gasteiger partial charge in [-0.05, 0) is 25.2 Å². The van der Waals surface area contributed by atoms with Crippen LogP contribution in [-0.4, -0.2) is 23.8 Å². The highest BCUT2D eigenvalue weighted by atomic mass is 16.6. The van der Waals surface area contributed by atoms with Gasteiger partial charge in [-0.3, -0.25) is 0 Å². The summed E-state index contributed by atoms with van der Waals surface area (Å²) < 4.78 is 5.54. The molecular formula is C12H16O3. The fourth-order valence-electron chi connectivity index (χ4n) is 3.82. The predicted octanol–water partition coefficient (Wildman–Crippen LogP) is 1.12. The first-order valence-corrected chi connectivity index (χ1v) is 5.69. The zero-order valence-electron chi connectivity index (χ0n) is 8.63. The van der Waals surface area contributed by atoms with Crippen LogP contribution in [0.3, 0.4) is 0 Å². The van der Waals surface area contributed by atoms with Gasteiger partial charge in [-0.25, -0.2) is 0 Å². The molecule has 3 fully saturated rings. The standard InChI is InChI=1S/C12H16O3/c1-6-2-3-9-11-8(12(14)15-9)4-7(5-13)10(6)11/h5,7-12,14H,1-4H2/t7-,8+,9-,10-,11-,12?/m1/s1. The van der Waals surface area contributed by atoms with Crippen LogP contribution in [0.15, 0.2) is 12.2 Å². The summed E-state index contributed by atoms with van der Waals surface area (Å²) in [7, 11) is 0. The average molecular weight is 208 g/mol. The van der Waals surface area contributed by atoms with Crippen LogP contribution in [0.4, 0.5) is 0 Å². The molecule has 0 aromatic rings. The first-order valence-electron chi connectivity index (χ1n) is 5.69. The molecule has 1 saturated heterocycles. The maximum absolute atomic E-state index is 11.0. The second-order valence-electron chi connectivity index (χ2n) is 5.06. The maximum atomic E-state index is 11.0. The number of aliphatic hydroxyl groups excluding tert-OH is 1. The molecule has 6 atom stereocenters. The summed E-state index contributed by atoms with van der Waals surface area (Å²) in [4.78, 5) is 11.0. The third-order valence-corrected chi connectivity index (χ3v) is 4.42. The van der Waals surface area contributed by atoms with E-state index in [0.29, 0.717) is 5.92 Å². The minimum absolute atomic E-state index is 0.0637. The zero-order valence-corrected chi connectivity index (χ0v) is 8.63. The van der Waals surface area contributed by atoms with Crippen LogP contribution in [0.25, 0.3) is 0 Å². The molecule has 0 spiro atoms. The number of ether oxygens (including phenoxy) is 1. The van der Waals surface area contributed by atoms with Crippen LogP contribution in [0.5, 0.6) is 0 Å². The van der Waals surface area contributed by atoms with Crippen molar-refractivity contribution in [3.8, 4) is 0 Å². The van der Waals surface area contributed by atoms with E-state index in [0.717, 1.165) is 25.5 Å². The first-order chi connectivity index (χ1) is 7.22. The van der Waals surface area contributed by atoms with Gasteiger partial charge in [0, 0.05) is 17.8 Å². The van der Waals surface area contributed by atoms with E-state index in [1.54, 1.807) is 0 Å². The first kappa shape index (κ1) is 9.55. The molecule has 0 amide bonds. The molecule has 0 bridgehead atoms. The summed E-state index contributed by atoms with van der Waals surface area (Å²) in [5.74, 6) is 0.834. The van der Waals surface area contributed by atoms with Gasteiger partial charge in [-0.15, -0.1) is 0 Å². The zero-order chi connectivity index (χ0) is 10.6. The lowest BCUT2D eigenvalue weighted by Crippen LogP contribution is -2.32. The van der Waals surface area contributed by atoms with E-state index >= 15 is 0 Å². The summed E-state index contributed by atoms with van der Waals surface area (Å²) in [6, 6.07) is 0. The molecular weight excluding hydrogens is 192 g/mol. The smallest absolute Gasteiger partial charge is 0.158 e. The topological polar surface area (TPSA) is 46.5 Å². The largest absolute Gasteiger partial charge is 0.368 e. The number of aldehydes is 1. The third-order valence-electron chi connectivity index (χ3n) is 4.42. The minimum Gasteiger partial charge on any atom is -0.368 e. The van der Waals surface area contributed by atoms with Crippen LogP contribution >= 0.6 is 0 Å². The number of rotatable bonds is 1. The van der Waals surface area contributed by atoms with Gasteiger partial charge in [-0.2, -0.15) is 0 Å². The second kappa shape index (κ2) is 3.16. The van der Waals surface area contributed by atoms with E-state index in [9.17, 15) is 9.90 Å². The van der Waals surface area contributed by atoms with Gasteiger partial charge >= 0.3 is 0 Å². The molecule has 3 rings (SSSR count). The van der Waals surface area contributed by atoms with Crippen molar-refractivity contribution in [1.82, 2.24) is 0 Å². The van der Waals surface area contributed by atoms with Crippen molar-refractivity contribution >= 4 is 6.29 Å². The van der Waals surface area contributed by atoms with Crippen molar-refractivity contribution in [2.24, 2.45) is 23.7 Å². The summed E-state index contributed by atoms with van der Waals surface area (Å²) in [5.41, 5.74) is 1.19. The number of aliphatic hydroxyl groups is 1. The lowest BCUT2D eigenvalue weighted by atomic mass is 9.73. The number of hydrogen-bond donors (Lipinski definition) is 1. The molecule has 0 aromatic carbocycles. The Balaban J connectivity index is 1.96. The van der Waals surface area contributed by atoms with Crippen molar-refractivity contribution in [3.63, 3.8) is 0 Å². The van der Waals surface area contributed by atoms with Gasteiger partial charge in [0.05, 0.1) is 6.10 Å². The number of allylic oxidation sites excluding steroid dienone is 1. The molecule has 2 saturated carbocycles. The van der Waals surface area contributed by atoms with Gasteiger partial charge in [0.15, 0.2) is 6.29 Å². The molecule has 1 aliphatic heterocycles. The van der Waals surface area contributed by atoms with Gasteiger partial charge in [0.25, 0.3) is 0 Å². The van der Waals surface area contributed by atoms with Gasteiger partial charge in [0.2, 0.25) is 0 Å². The van der Waals surface area contributed by atoms with Crippen LogP contribution in [-0.2, 0) is 9.53 Å². The van der Waals surface area contributed by atoms with Crippen LogP contribution in [0.2, 0.25) is 0 Å². The highest BCUT2D eigenvalue weighted by Crippen LogP contribution is 2.56. The van der Waals surface area contributed by atoms with Crippen molar-refractivity contribution in [1.29, 1.82) is 0 Å². The van der Waals surface area contributed by atoms with Crippen molar-refractivity contribution in [2.75, 3.05) is 0 Å². The van der Waals surface area contributed by atoms with E-state index < -0.39 is 6.29 Å². The summed E-state index contributed by atoms with van der Waals surface area (Å²) in [6.07, 6.45) is 3.22. The summed E-state index contributed by atoms with van der Waals surface area (Å²) >= 11 is 0. The molecule has 3 aliphatic rings. The second-order valence-corrected chi connectivity index (χ2v) is 5.06. The van der Waals surface area contributed by atoms with Gasteiger partial charge in [0.1, 0.15) is 6.29 Å². The van der Waals surface area contributed by atoms with Crippen molar-refractivity contribution in [2.45, 2.75) is 31.7 Å². The SMILES string of the molecule is C=C1CC[C@H]2OC(O)[C@H]3C[C@H](C=O)[C@@H]1[C@H]32. The molecule has 0 radical (unpaired) electrons. The van der Waals surface area contributed by atoms with Crippen LogP contribution < -0.4 is 0 Å². The Bertz CT molecular complexity index is 312. The highest BCUT2D eigenvalue weighted by molar-refractivity contribution is 5.56. The molecule has 2 aliphatic carbocycles. The molecule has 3 heteroatoms. The normalized spacial score (nSPS) is 53.0. The Labute approximate surface area is 89.1 Å². The Morgan fingerprint density at radius 3 is 3.07 bits per heavy atom. The molecule has 3 nitrogen and oxygen atoms in total. The predicted molar refractivity (Wildman–Crippen MR) is 53.9 cm³/mol. The number of hydrogen-bond acceptors (Lipinski definition) is 3. The van der Waals surface area contributed by atoms with E-state index in [1.807, 2.05) is 0 Å². The van der Waals surface area contributed by atoms with E-state index in [-0.39, 0.29) is 23.9 Å². The number of carbonyl (C=O) groups excluding carboxylic acids is 1. The van der Waals surface area contributed by atoms with Crippen molar-refractivity contribution < 1.29 is 14.6 Å². The van der Waals surface area contributed by atoms with Crippen molar-refractivity contribution in [3.05, 3.63) is 12.2 Å². The summed E-state index contributed by atoms with van der Waals surface area (Å²) in [6.45, 7) is 4.08. The van der Waals surface area contributed by atoms with Gasteiger partial charge in [-0.1, -0.05) is 12.2 Å². The average Bonchev–Trinajstić information content (AvgIpc) is 2.74. The molecule has 1 unspecified atom stereocenters. The fourth-order valence-corrected chi connectivity index (χ4v) is 3.82. The van der Waals surface area contributed by atoms with E-state index in [2.05, 4.69) is 6.58 Å². The minimum atomic E-state index is -0.654. The maximum Gasteiger partial charge on any atom is 0.158 e. The lowest BCUT2D eigenvalue weighted by molar-refractivity contribution is -0.122. The molecule has 15 heavy (non-hydrogen) atoms. The Morgan fingerprint density at radius 2 is 2.33 bits per heavy atom. The molecule has 0 aromatic heterocycles. The Morgan fingerprint density at radius 1 is 1.53 bits per heavy atom. The molecule has 82 valence electrons. The Kier molecular flexibility index (Phi) is 2.01. The van der Waals surface area contributed by atoms with Gasteiger partial charge < -0.3 is 14.6 Å². The monoisotopic (exact) mass is 208 g/mol. The lowest BCUT2D eigenvalue weighted by Gasteiger charge is -2.33. The summed E-state index contributed by atoms with van der Waals surface area (Å²) in [5, 5.41) is 9.78. The number of carbonyl (C=O) groups is 1. The highest BCUT2D eigenvalue weighted by Gasteiger charge is 2.57. The van der Waals surface area contributed by atoms with E-state index in [1.165, 1.54) is 5.57 Å². The molecule has 1 heterocycles. The Hall–Kier alpha value is -0.670. The van der Waals surface area contributed by atoms with Crippen LogP contribution in [0.1, 0.15) is 19.3 Å². The third kappa shape index (κ3) is 1.16. The van der Waals surface area contributed by atoms with E-state index in [4.69, 9.17) is 4.74 Å².